The number of hydrogen-bond acceptors (Lipinski definition) is 6. The molecule has 168 valence electrons. The van der Waals surface area contributed by atoms with Crippen LogP contribution < -0.4 is 15.7 Å². The van der Waals surface area contributed by atoms with Crippen molar-refractivity contribution in [2.75, 3.05) is 19.4 Å². The summed E-state index contributed by atoms with van der Waals surface area (Å²) in [5, 5.41) is 3.64. The maximum Gasteiger partial charge on any atom is 0.349 e. The fourth-order valence-electron chi connectivity index (χ4n) is 3.91. The quantitative estimate of drug-likeness (QED) is 0.395. The number of nitrogens with one attached hydrogen (secondary N) is 1. The molecule has 0 fully saturated rings. The molecule has 1 aliphatic carbocycles. The van der Waals surface area contributed by atoms with Crippen LogP contribution in [0.5, 0.6) is 5.75 Å². The second-order valence-corrected chi connectivity index (χ2v) is 8.70. The highest BCUT2D eigenvalue weighted by molar-refractivity contribution is 7.99. The molecule has 2 aromatic heterocycles. The molecule has 8 heteroatoms. The molecule has 0 atom stereocenters. The lowest BCUT2D eigenvalue weighted by molar-refractivity contribution is -0.118. The van der Waals surface area contributed by atoms with Crippen LogP contribution in [-0.2, 0) is 30.6 Å². The van der Waals surface area contributed by atoms with Crippen molar-refractivity contribution in [3.05, 3.63) is 75.7 Å². The number of thioether (sulfide) groups is 1. The Morgan fingerprint density at radius 3 is 2.78 bits per heavy atom. The summed E-state index contributed by atoms with van der Waals surface area (Å²) in [7, 11) is 1.64. The topological polar surface area (TPSA) is 86.4 Å². The van der Waals surface area contributed by atoms with Crippen LogP contribution in [0.2, 0.25) is 0 Å². The van der Waals surface area contributed by atoms with Gasteiger partial charge in [-0.25, -0.2) is 4.79 Å². The van der Waals surface area contributed by atoms with Gasteiger partial charge >= 0.3 is 5.69 Å². The van der Waals surface area contributed by atoms with E-state index >= 15 is 0 Å². The van der Waals surface area contributed by atoms with Gasteiger partial charge in [0.15, 0.2) is 0 Å². The molecule has 1 N–H and O–H groups in total. The zero-order valence-electron chi connectivity index (χ0n) is 18.1. The van der Waals surface area contributed by atoms with E-state index in [1.54, 1.807) is 17.9 Å². The SMILES string of the molecule is COc1ccc(CCNC(=O)CSc2nc(=O)n(Cc3ccco3)c3c2CCCC3)cc1. The minimum atomic E-state index is -0.288. The number of fused-ring (bicyclic) bond motifs is 1. The summed E-state index contributed by atoms with van der Waals surface area (Å²) in [5.74, 6) is 1.73. The van der Waals surface area contributed by atoms with E-state index in [9.17, 15) is 9.59 Å². The predicted octanol–water partition coefficient (Wildman–Crippen LogP) is 3.22. The Balaban J connectivity index is 1.36. The molecule has 0 spiro atoms. The van der Waals surface area contributed by atoms with Crippen LogP contribution in [0.4, 0.5) is 0 Å². The first kappa shape index (κ1) is 22.2. The third-order valence-corrected chi connectivity index (χ3v) is 6.60. The van der Waals surface area contributed by atoms with Crippen molar-refractivity contribution in [2.45, 2.75) is 43.7 Å². The van der Waals surface area contributed by atoms with Gasteiger partial charge in [0.05, 0.1) is 25.7 Å². The Hall–Kier alpha value is -3.00. The van der Waals surface area contributed by atoms with E-state index in [0.717, 1.165) is 60.4 Å². The zero-order valence-corrected chi connectivity index (χ0v) is 19.0. The Labute approximate surface area is 191 Å². The summed E-state index contributed by atoms with van der Waals surface area (Å²) < 4.78 is 12.3. The van der Waals surface area contributed by atoms with Gasteiger partial charge < -0.3 is 14.5 Å². The lowest BCUT2D eigenvalue weighted by Gasteiger charge is -2.22. The largest absolute Gasteiger partial charge is 0.497 e. The van der Waals surface area contributed by atoms with Crippen LogP contribution >= 0.6 is 11.8 Å². The predicted molar refractivity (Wildman–Crippen MR) is 123 cm³/mol. The summed E-state index contributed by atoms with van der Waals surface area (Å²) in [5.41, 5.74) is 2.97. The van der Waals surface area contributed by atoms with Crippen molar-refractivity contribution in [2.24, 2.45) is 0 Å². The molecule has 0 saturated carbocycles. The number of furan rings is 1. The van der Waals surface area contributed by atoms with Crippen molar-refractivity contribution < 1.29 is 13.9 Å². The molecule has 1 aromatic carbocycles. The van der Waals surface area contributed by atoms with E-state index in [4.69, 9.17) is 9.15 Å². The fraction of sp³-hybridized carbons (Fsp3) is 0.375. The summed E-state index contributed by atoms with van der Waals surface area (Å²) >= 11 is 1.35. The first-order chi connectivity index (χ1) is 15.6. The van der Waals surface area contributed by atoms with Gasteiger partial charge in [0.25, 0.3) is 0 Å². The van der Waals surface area contributed by atoms with Crippen molar-refractivity contribution in [3.8, 4) is 5.75 Å². The van der Waals surface area contributed by atoms with Gasteiger partial charge in [-0.15, -0.1) is 0 Å². The van der Waals surface area contributed by atoms with Crippen molar-refractivity contribution in [3.63, 3.8) is 0 Å². The first-order valence-electron chi connectivity index (χ1n) is 10.8. The van der Waals surface area contributed by atoms with E-state index < -0.39 is 0 Å². The number of rotatable bonds is 9. The van der Waals surface area contributed by atoms with Crippen LogP contribution in [0.15, 0.2) is 56.9 Å². The monoisotopic (exact) mass is 453 g/mol. The number of carbonyl (C=O) groups is 1. The minimum Gasteiger partial charge on any atom is -0.497 e. The van der Waals surface area contributed by atoms with Crippen LogP contribution in [0.3, 0.4) is 0 Å². The number of ether oxygens (including phenoxy) is 1. The number of nitrogens with zero attached hydrogens (tertiary/aromatic N) is 2. The van der Waals surface area contributed by atoms with Crippen molar-refractivity contribution in [1.29, 1.82) is 0 Å². The molecule has 7 nitrogen and oxygen atoms in total. The Morgan fingerprint density at radius 1 is 1.22 bits per heavy atom. The average molecular weight is 454 g/mol. The van der Waals surface area contributed by atoms with Gasteiger partial charge in [-0.3, -0.25) is 9.36 Å². The molecule has 0 bridgehead atoms. The van der Waals surface area contributed by atoms with Crippen LogP contribution in [0.25, 0.3) is 0 Å². The summed E-state index contributed by atoms with van der Waals surface area (Å²) in [4.78, 5) is 29.4. The van der Waals surface area contributed by atoms with Crippen molar-refractivity contribution in [1.82, 2.24) is 14.9 Å². The summed E-state index contributed by atoms with van der Waals surface area (Å²) in [6.45, 7) is 0.944. The Bertz CT molecular complexity index is 1110. The zero-order chi connectivity index (χ0) is 22.3. The van der Waals surface area contributed by atoms with Gasteiger partial charge in [-0.05, 0) is 61.9 Å². The van der Waals surface area contributed by atoms with E-state index in [2.05, 4.69) is 10.3 Å². The third kappa shape index (κ3) is 5.43. The second-order valence-electron chi connectivity index (χ2n) is 7.73. The van der Waals surface area contributed by atoms with Gasteiger partial charge in [-0.1, -0.05) is 23.9 Å². The Morgan fingerprint density at radius 2 is 2.03 bits per heavy atom. The van der Waals surface area contributed by atoms with Gasteiger partial charge in [0.2, 0.25) is 5.91 Å². The third-order valence-electron chi connectivity index (χ3n) is 5.58. The lowest BCUT2D eigenvalue weighted by atomic mass is 9.97. The van der Waals surface area contributed by atoms with E-state index in [1.165, 1.54) is 11.8 Å². The number of amides is 1. The van der Waals surface area contributed by atoms with Gasteiger partial charge in [0.1, 0.15) is 16.5 Å². The highest BCUT2D eigenvalue weighted by Crippen LogP contribution is 2.28. The molecule has 2 heterocycles. The normalized spacial score (nSPS) is 12.9. The number of aromatic nitrogens is 2. The summed E-state index contributed by atoms with van der Waals surface area (Å²) in [6, 6.07) is 11.5. The molecular weight excluding hydrogens is 426 g/mol. The molecule has 0 saturated heterocycles. The highest BCUT2D eigenvalue weighted by atomic mass is 32.2. The number of benzene rings is 1. The minimum absolute atomic E-state index is 0.0605. The average Bonchev–Trinajstić information content (AvgIpc) is 3.33. The molecule has 0 radical (unpaired) electrons. The lowest BCUT2D eigenvalue weighted by Crippen LogP contribution is -2.31. The van der Waals surface area contributed by atoms with Crippen LogP contribution in [0.1, 0.15) is 35.4 Å². The number of methoxy groups -OCH3 is 1. The van der Waals surface area contributed by atoms with Gasteiger partial charge in [-0.2, -0.15) is 4.98 Å². The Kier molecular flexibility index (Phi) is 7.32. The molecule has 0 unspecified atom stereocenters. The van der Waals surface area contributed by atoms with Gasteiger partial charge in [0, 0.05) is 17.8 Å². The van der Waals surface area contributed by atoms with Crippen LogP contribution in [0, 0.1) is 0 Å². The van der Waals surface area contributed by atoms with E-state index in [1.807, 2.05) is 36.4 Å². The maximum absolute atomic E-state index is 12.7. The molecule has 32 heavy (non-hydrogen) atoms. The maximum atomic E-state index is 12.7. The first-order valence-corrected chi connectivity index (χ1v) is 11.8. The van der Waals surface area contributed by atoms with E-state index in [-0.39, 0.29) is 17.3 Å². The molecule has 1 aliphatic rings. The second kappa shape index (κ2) is 10.5. The number of hydrogen-bond donors (Lipinski definition) is 1. The number of carbonyl (C=O) groups excluding carboxylic acids is 1. The van der Waals surface area contributed by atoms with Crippen molar-refractivity contribution >= 4 is 17.7 Å². The van der Waals surface area contributed by atoms with E-state index in [0.29, 0.717) is 18.1 Å². The van der Waals surface area contributed by atoms with Crippen LogP contribution in [-0.4, -0.2) is 34.9 Å². The standard InChI is InChI=1S/C24H27N3O4S/c1-30-18-10-8-17(9-11-18)12-13-25-22(28)16-32-23-20-6-2-3-7-21(20)27(24(29)26-23)15-19-5-4-14-31-19/h4-5,8-11,14H,2-3,6-7,12-13,15-16H2,1H3,(H,25,28). The molecular formula is C24H27N3O4S. The molecule has 3 aromatic rings. The summed E-state index contributed by atoms with van der Waals surface area (Å²) in [6.07, 6.45) is 6.19. The smallest absolute Gasteiger partial charge is 0.349 e. The fourth-order valence-corrected chi connectivity index (χ4v) is 4.82. The molecule has 1 amide bonds. The highest BCUT2D eigenvalue weighted by Gasteiger charge is 2.21. The molecule has 0 aliphatic heterocycles. The molecule has 4 rings (SSSR count).